The predicted octanol–water partition coefficient (Wildman–Crippen LogP) is 2.02. The van der Waals surface area contributed by atoms with Crippen molar-refractivity contribution in [1.82, 2.24) is 0 Å². The molecule has 0 aromatic carbocycles. The Morgan fingerprint density at radius 2 is 1.83 bits per heavy atom. The van der Waals surface area contributed by atoms with Crippen molar-refractivity contribution in [2.45, 2.75) is 82.9 Å². The van der Waals surface area contributed by atoms with E-state index in [9.17, 15) is 15.3 Å². The molecule has 0 amide bonds. The van der Waals surface area contributed by atoms with E-state index in [1.54, 1.807) is 0 Å². The predicted molar refractivity (Wildman–Crippen MR) is 89.2 cm³/mol. The van der Waals surface area contributed by atoms with Crippen molar-refractivity contribution < 1.29 is 20.1 Å². The third kappa shape index (κ3) is 1.34. The molecule has 9 atom stereocenters. The summed E-state index contributed by atoms with van der Waals surface area (Å²) in [7, 11) is 0. The number of fused-ring (bicyclic) bond motifs is 7. The summed E-state index contributed by atoms with van der Waals surface area (Å²) in [6.07, 6.45) is 4.44. The van der Waals surface area contributed by atoms with Gasteiger partial charge in [-0.1, -0.05) is 25.5 Å². The fraction of sp³-hybridized carbons (Fsp3) is 0.900. The average Bonchev–Trinajstić information content (AvgIpc) is 2.85. The zero-order chi connectivity index (χ0) is 17.3. The highest BCUT2D eigenvalue weighted by Crippen LogP contribution is 2.72. The molecule has 2 heterocycles. The van der Waals surface area contributed by atoms with Gasteiger partial charge in [-0.25, -0.2) is 0 Å². The van der Waals surface area contributed by atoms with E-state index in [0.717, 1.165) is 12.8 Å². The molecule has 4 bridgehead atoms. The monoisotopic (exact) mass is 334 g/mol. The number of ether oxygens (including phenoxy) is 1. The van der Waals surface area contributed by atoms with Crippen LogP contribution in [-0.4, -0.2) is 44.8 Å². The van der Waals surface area contributed by atoms with Crippen LogP contribution in [0, 0.1) is 28.6 Å². The molecule has 4 fully saturated rings. The molecule has 4 nitrogen and oxygen atoms in total. The summed E-state index contributed by atoms with van der Waals surface area (Å²) in [5, 5.41) is 33.6. The second-order valence-corrected chi connectivity index (χ2v) is 10.0. The van der Waals surface area contributed by atoms with Crippen molar-refractivity contribution in [2.24, 2.45) is 28.6 Å². The summed E-state index contributed by atoms with van der Waals surface area (Å²) in [5.41, 5.74) is -1.03. The van der Waals surface area contributed by atoms with Gasteiger partial charge in [0.15, 0.2) is 0 Å². The van der Waals surface area contributed by atoms with Crippen molar-refractivity contribution >= 4 is 0 Å². The summed E-state index contributed by atoms with van der Waals surface area (Å²) < 4.78 is 6.54. The van der Waals surface area contributed by atoms with Gasteiger partial charge < -0.3 is 20.1 Å². The highest BCUT2D eigenvalue weighted by Gasteiger charge is 2.79. The third-order valence-electron chi connectivity index (χ3n) is 9.09. The summed E-state index contributed by atoms with van der Waals surface area (Å²) in [6, 6.07) is 0. The molecule has 5 rings (SSSR count). The minimum atomic E-state index is -1.02. The summed E-state index contributed by atoms with van der Waals surface area (Å²) in [6.45, 7) is 8.23. The lowest BCUT2D eigenvalue weighted by Gasteiger charge is -2.56. The standard InChI is InChI=1S/C20H30O4/c1-10-8-19-9-15-20(23)13(7-14(21)17(20,2)3)18(4,24-15)12(19)6-5-11(10)16(19)22/h8,11-16,21-23H,5-7,9H2,1-4H3/t11-,12-,13-,14-,15+,16+,18-,19+,20+/m0/s1. The SMILES string of the molecule is CC1=C[C@@]23C[C@H]4O[C@@](C)([C@@H]2CC[C@@H]1[C@H]3O)[C@@H]1C[C@H](O)C(C)(C)[C@]41O. The largest absolute Gasteiger partial charge is 0.392 e. The highest BCUT2D eigenvalue weighted by atomic mass is 16.5. The molecule has 2 saturated carbocycles. The Morgan fingerprint density at radius 1 is 1.12 bits per heavy atom. The van der Waals surface area contributed by atoms with Crippen molar-refractivity contribution in [3.63, 3.8) is 0 Å². The molecular formula is C20H30O4. The quantitative estimate of drug-likeness (QED) is 0.593. The fourth-order valence-corrected chi connectivity index (χ4v) is 7.73. The van der Waals surface area contributed by atoms with Crippen LogP contribution in [0.4, 0.5) is 0 Å². The Morgan fingerprint density at radius 3 is 2.54 bits per heavy atom. The minimum Gasteiger partial charge on any atom is -0.392 e. The molecule has 2 aliphatic heterocycles. The zero-order valence-electron chi connectivity index (χ0n) is 15.1. The average molecular weight is 334 g/mol. The van der Waals surface area contributed by atoms with Gasteiger partial charge in [0.2, 0.25) is 0 Å². The topological polar surface area (TPSA) is 69.9 Å². The Bertz CT molecular complexity index is 642. The first-order valence-corrected chi connectivity index (χ1v) is 9.54. The number of aliphatic hydroxyl groups excluding tert-OH is 2. The lowest BCUT2D eigenvalue weighted by atomic mass is 9.56. The van der Waals surface area contributed by atoms with E-state index >= 15 is 0 Å². The Kier molecular flexibility index (Phi) is 2.71. The van der Waals surface area contributed by atoms with Crippen LogP contribution in [0.25, 0.3) is 0 Å². The van der Waals surface area contributed by atoms with Gasteiger partial charge in [0.25, 0.3) is 0 Å². The van der Waals surface area contributed by atoms with Crippen molar-refractivity contribution in [3.05, 3.63) is 11.6 Å². The first-order valence-electron chi connectivity index (χ1n) is 9.54. The van der Waals surface area contributed by atoms with E-state index in [2.05, 4.69) is 19.9 Å². The lowest BCUT2D eigenvalue weighted by Crippen LogP contribution is -2.59. The van der Waals surface area contributed by atoms with Crippen LogP contribution in [0.15, 0.2) is 11.6 Å². The van der Waals surface area contributed by atoms with E-state index in [-0.39, 0.29) is 35.4 Å². The number of rotatable bonds is 0. The third-order valence-corrected chi connectivity index (χ3v) is 9.09. The number of hydrogen-bond acceptors (Lipinski definition) is 4. The molecule has 4 heteroatoms. The van der Waals surface area contributed by atoms with Gasteiger partial charge in [-0.2, -0.15) is 0 Å². The fourth-order valence-electron chi connectivity index (χ4n) is 7.73. The molecule has 3 aliphatic carbocycles. The van der Waals surface area contributed by atoms with Crippen LogP contribution in [0.1, 0.15) is 53.4 Å². The van der Waals surface area contributed by atoms with Gasteiger partial charge in [-0.15, -0.1) is 0 Å². The molecular weight excluding hydrogens is 304 g/mol. The van der Waals surface area contributed by atoms with E-state index in [0.29, 0.717) is 12.8 Å². The van der Waals surface area contributed by atoms with E-state index < -0.39 is 22.7 Å². The second kappa shape index (κ2) is 4.11. The minimum absolute atomic E-state index is 0.0672. The van der Waals surface area contributed by atoms with E-state index in [4.69, 9.17) is 4.74 Å². The Hall–Kier alpha value is -0.420. The van der Waals surface area contributed by atoms with Crippen molar-refractivity contribution in [1.29, 1.82) is 0 Å². The molecule has 24 heavy (non-hydrogen) atoms. The smallest absolute Gasteiger partial charge is 0.104 e. The maximum atomic E-state index is 11.8. The zero-order valence-corrected chi connectivity index (χ0v) is 15.1. The molecule has 3 N–H and O–H groups in total. The first-order chi connectivity index (χ1) is 11.1. The van der Waals surface area contributed by atoms with Gasteiger partial charge in [0.05, 0.1) is 23.9 Å². The van der Waals surface area contributed by atoms with Gasteiger partial charge in [-0.05, 0) is 45.4 Å². The van der Waals surface area contributed by atoms with Crippen molar-refractivity contribution in [3.8, 4) is 0 Å². The van der Waals surface area contributed by atoms with Gasteiger partial charge in [-0.3, -0.25) is 0 Å². The summed E-state index contributed by atoms with van der Waals surface area (Å²) in [5.74, 6) is 0.419. The molecule has 0 unspecified atom stereocenters. The molecule has 1 spiro atoms. The van der Waals surface area contributed by atoms with Gasteiger partial charge in [0.1, 0.15) is 5.60 Å². The summed E-state index contributed by atoms with van der Waals surface area (Å²) >= 11 is 0. The number of aliphatic hydroxyl groups is 3. The van der Waals surface area contributed by atoms with E-state index in [1.165, 1.54) is 5.57 Å². The Balaban J connectivity index is 1.69. The van der Waals surface area contributed by atoms with Crippen LogP contribution in [0.3, 0.4) is 0 Å². The van der Waals surface area contributed by atoms with Crippen LogP contribution in [0.2, 0.25) is 0 Å². The maximum Gasteiger partial charge on any atom is 0.104 e. The molecule has 2 saturated heterocycles. The second-order valence-electron chi connectivity index (χ2n) is 10.0. The first kappa shape index (κ1) is 15.8. The molecule has 134 valence electrons. The lowest BCUT2D eigenvalue weighted by molar-refractivity contribution is -0.224. The van der Waals surface area contributed by atoms with Gasteiger partial charge >= 0.3 is 0 Å². The Labute approximate surface area is 143 Å². The molecule has 0 aromatic heterocycles. The number of hydrogen-bond donors (Lipinski definition) is 3. The van der Waals surface area contributed by atoms with Crippen LogP contribution >= 0.6 is 0 Å². The molecule has 5 aliphatic rings. The van der Waals surface area contributed by atoms with Crippen LogP contribution < -0.4 is 0 Å². The highest BCUT2D eigenvalue weighted by molar-refractivity contribution is 5.35. The normalized spacial score (nSPS) is 63.0. The molecule has 0 aromatic rings. The molecule has 0 radical (unpaired) electrons. The van der Waals surface area contributed by atoms with Crippen molar-refractivity contribution in [2.75, 3.05) is 0 Å². The summed E-state index contributed by atoms with van der Waals surface area (Å²) in [4.78, 5) is 0. The van der Waals surface area contributed by atoms with Crippen LogP contribution in [-0.2, 0) is 4.74 Å². The van der Waals surface area contributed by atoms with E-state index in [1.807, 2.05) is 13.8 Å². The maximum absolute atomic E-state index is 11.8. The van der Waals surface area contributed by atoms with Gasteiger partial charge in [0, 0.05) is 22.7 Å². The van der Waals surface area contributed by atoms with Crippen LogP contribution in [0.5, 0.6) is 0 Å².